The van der Waals surface area contributed by atoms with Crippen LogP contribution in [0.5, 0.6) is 0 Å². The first-order valence-corrected chi connectivity index (χ1v) is 3.88. The normalized spacial score (nSPS) is 41.6. The topological polar surface area (TPSA) is 17.1 Å². The van der Waals surface area contributed by atoms with E-state index in [1.807, 2.05) is 0 Å². The quantitative estimate of drug-likeness (QED) is 0.481. The predicted molar refractivity (Wildman–Crippen MR) is 35.1 cm³/mol. The van der Waals surface area contributed by atoms with Gasteiger partial charge in [0, 0.05) is 12.8 Å². The maximum atomic E-state index is 10.9. The van der Waals surface area contributed by atoms with Crippen LogP contribution in [0, 0.1) is 11.8 Å². The highest BCUT2D eigenvalue weighted by atomic mass is 16.1. The molecule has 1 nitrogen and oxygen atoms in total. The molecule has 2 fully saturated rings. The van der Waals surface area contributed by atoms with Crippen molar-refractivity contribution in [1.82, 2.24) is 0 Å². The summed E-state index contributed by atoms with van der Waals surface area (Å²) in [4.78, 5) is 10.9. The van der Waals surface area contributed by atoms with Gasteiger partial charge in [-0.2, -0.15) is 0 Å². The second-order valence-electron chi connectivity index (χ2n) is 3.38. The summed E-state index contributed by atoms with van der Waals surface area (Å²) in [6, 6.07) is 0. The average molecular weight is 124 g/mol. The molecular formula is C8H12O. The fourth-order valence-corrected chi connectivity index (χ4v) is 2.03. The fraction of sp³-hybridized carbons (Fsp3) is 0.875. The molecule has 0 bridgehead atoms. The molecule has 0 heterocycles. The lowest BCUT2D eigenvalue weighted by molar-refractivity contribution is -0.124. The van der Waals surface area contributed by atoms with Gasteiger partial charge in [0.1, 0.15) is 5.78 Å². The number of carbonyl (C=O) groups is 1. The van der Waals surface area contributed by atoms with Gasteiger partial charge in [0.25, 0.3) is 0 Å². The van der Waals surface area contributed by atoms with E-state index in [-0.39, 0.29) is 0 Å². The Balaban J connectivity index is 1.99. The maximum absolute atomic E-state index is 10.9. The number of fused-ring (bicyclic) bond motifs is 1. The largest absolute Gasteiger partial charge is 0.300 e. The average Bonchev–Trinajstić information content (AvgIpc) is 1.78. The molecule has 0 N–H and O–H groups in total. The van der Waals surface area contributed by atoms with Crippen molar-refractivity contribution in [3.8, 4) is 0 Å². The number of hydrogen-bond acceptors (Lipinski definition) is 1. The lowest BCUT2D eigenvalue weighted by Crippen LogP contribution is -2.32. The fourth-order valence-electron chi connectivity index (χ4n) is 2.03. The van der Waals surface area contributed by atoms with Crippen LogP contribution in [0.1, 0.15) is 32.1 Å². The van der Waals surface area contributed by atoms with E-state index in [2.05, 4.69) is 0 Å². The van der Waals surface area contributed by atoms with Crippen molar-refractivity contribution in [3.05, 3.63) is 0 Å². The van der Waals surface area contributed by atoms with E-state index in [1.165, 1.54) is 19.3 Å². The molecule has 0 spiro atoms. The molecule has 2 aliphatic carbocycles. The monoisotopic (exact) mass is 124 g/mol. The van der Waals surface area contributed by atoms with Crippen molar-refractivity contribution < 1.29 is 4.79 Å². The number of hydrogen-bond donors (Lipinski definition) is 0. The molecule has 1 heteroatoms. The zero-order chi connectivity index (χ0) is 6.27. The van der Waals surface area contributed by atoms with Gasteiger partial charge in [0.2, 0.25) is 0 Å². The van der Waals surface area contributed by atoms with E-state index < -0.39 is 0 Å². The molecule has 50 valence electrons. The third-order valence-corrected chi connectivity index (χ3v) is 2.86. The molecule has 2 rings (SSSR count). The summed E-state index contributed by atoms with van der Waals surface area (Å²) in [6.45, 7) is 0. The van der Waals surface area contributed by atoms with Gasteiger partial charge < -0.3 is 0 Å². The Hall–Kier alpha value is -0.330. The van der Waals surface area contributed by atoms with Gasteiger partial charge in [-0.3, -0.25) is 4.79 Å². The van der Waals surface area contributed by atoms with E-state index in [0.717, 1.165) is 24.7 Å². The summed E-state index contributed by atoms with van der Waals surface area (Å²) in [5, 5.41) is 0. The Bertz CT molecular complexity index is 140. The first-order valence-electron chi connectivity index (χ1n) is 3.88. The Labute approximate surface area is 55.4 Å². The SMILES string of the molecule is O=C1CC[C@H]2CC[C@H]2C1. The molecule has 0 saturated heterocycles. The minimum absolute atomic E-state index is 0.510. The highest BCUT2D eigenvalue weighted by molar-refractivity contribution is 5.79. The molecule has 2 atom stereocenters. The van der Waals surface area contributed by atoms with Crippen LogP contribution in [-0.2, 0) is 4.79 Å². The van der Waals surface area contributed by atoms with Crippen LogP contribution >= 0.6 is 0 Å². The van der Waals surface area contributed by atoms with Crippen molar-refractivity contribution in [3.63, 3.8) is 0 Å². The van der Waals surface area contributed by atoms with Crippen LogP contribution < -0.4 is 0 Å². The van der Waals surface area contributed by atoms with Gasteiger partial charge in [-0.15, -0.1) is 0 Å². The van der Waals surface area contributed by atoms with E-state index in [4.69, 9.17) is 0 Å². The summed E-state index contributed by atoms with van der Waals surface area (Å²) < 4.78 is 0. The van der Waals surface area contributed by atoms with Crippen LogP contribution in [0.15, 0.2) is 0 Å². The minimum atomic E-state index is 0.510. The van der Waals surface area contributed by atoms with Crippen LogP contribution in [-0.4, -0.2) is 5.78 Å². The third kappa shape index (κ3) is 0.790. The number of Topliss-reactive ketones (excluding diaryl/α,β-unsaturated/α-hetero) is 1. The number of carbonyl (C=O) groups excluding carboxylic acids is 1. The molecule has 9 heavy (non-hydrogen) atoms. The summed E-state index contributed by atoms with van der Waals surface area (Å²) in [5.41, 5.74) is 0. The molecule has 0 aromatic rings. The second-order valence-corrected chi connectivity index (χ2v) is 3.38. The zero-order valence-corrected chi connectivity index (χ0v) is 5.60. The molecule has 0 aromatic heterocycles. The molecule has 2 aliphatic rings. The molecule has 0 unspecified atom stereocenters. The van der Waals surface area contributed by atoms with Crippen molar-refractivity contribution in [2.24, 2.45) is 11.8 Å². The third-order valence-electron chi connectivity index (χ3n) is 2.86. The molecule has 0 amide bonds. The van der Waals surface area contributed by atoms with Crippen LogP contribution in [0.25, 0.3) is 0 Å². The Kier molecular flexibility index (Phi) is 1.11. The summed E-state index contributed by atoms with van der Waals surface area (Å²) in [5.74, 6) is 2.27. The summed E-state index contributed by atoms with van der Waals surface area (Å²) >= 11 is 0. The predicted octanol–water partition coefficient (Wildman–Crippen LogP) is 1.77. The van der Waals surface area contributed by atoms with Gasteiger partial charge in [-0.25, -0.2) is 0 Å². The number of rotatable bonds is 0. The smallest absolute Gasteiger partial charge is 0.133 e. The zero-order valence-electron chi connectivity index (χ0n) is 5.60. The Morgan fingerprint density at radius 1 is 1.11 bits per heavy atom. The van der Waals surface area contributed by atoms with Gasteiger partial charge >= 0.3 is 0 Å². The van der Waals surface area contributed by atoms with Crippen LogP contribution in [0.2, 0.25) is 0 Å². The molecule has 0 aliphatic heterocycles. The lowest BCUT2D eigenvalue weighted by Gasteiger charge is -2.39. The minimum Gasteiger partial charge on any atom is -0.300 e. The first-order chi connectivity index (χ1) is 4.36. The molecular weight excluding hydrogens is 112 g/mol. The highest BCUT2D eigenvalue weighted by Crippen LogP contribution is 2.43. The van der Waals surface area contributed by atoms with E-state index in [0.29, 0.717) is 5.78 Å². The van der Waals surface area contributed by atoms with Crippen LogP contribution in [0.3, 0.4) is 0 Å². The van der Waals surface area contributed by atoms with E-state index in [9.17, 15) is 4.79 Å². The standard InChI is InChI=1S/C8H12O/c9-8-4-3-6-1-2-7(6)5-8/h6-7H,1-5H2/t6-,7+/m1/s1. The lowest BCUT2D eigenvalue weighted by atomic mass is 9.65. The van der Waals surface area contributed by atoms with E-state index >= 15 is 0 Å². The van der Waals surface area contributed by atoms with Gasteiger partial charge in [0.15, 0.2) is 0 Å². The highest BCUT2D eigenvalue weighted by Gasteiger charge is 2.35. The molecule has 0 aromatic carbocycles. The number of ketones is 1. The molecule has 2 saturated carbocycles. The van der Waals surface area contributed by atoms with Gasteiger partial charge in [0.05, 0.1) is 0 Å². The molecule has 0 radical (unpaired) electrons. The van der Waals surface area contributed by atoms with E-state index in [1.54, 1.807) is 0 Å². The second kappa shape index (κ2) is 1.83. The maximum Gasteiger partial charge on any atom is 0.133 e. The summed E-state index contributed by atoms with van der Waals surface area (Å²) in [6.07, 6.45) is 5.71. The van der Waals surface area contributed by atoms with Crippen molar-refractivity contribution >= 4 is 5.78 Å². The Morgan fingerprint density at radius 3 is 2.33 bits per heavy atom. The van der Waals surface area contributed by atoms with Crippen molar-refractivity contribution in [2.75, 3.05) is 0 Å². The van der Waals surface area contributed by atoms with Gasteiger partial charge in [-0.1, -0.05) is 0 Å². The van der Waals surface area contributed by atoms with Gasteiger partial charge in [-0.05, 0) is 31.1 Å². The Morgan fingerprint density at radius 2 is 1.89 bits per heavy atom. The van der Waals surface area contributed by atoms with Crippen molar-refractivity contribution in [2.45, 2.75) is 32.1 Å². The first kappa shape index (κ1) is 5.45. The summed E-state index contributed by atoms with van der Waals surface area (Å²) in [7, 11) is 0. The van der Waals surface area contributed by atoms with Crippen molar-refractivity contribution in [1.29, 1.82) is 0 Å². The van der Waals surface area contributed by atoms with Crippen LogP contribution in [0.4, 0.5) is 0 Å².